The van der Waals surface area contributed by atoms with Crippen LogP contribution in [-0.2, 0) is 0 Å². The molecule has 0 aliphatic rings. The van der Waals surface area contributed by atoms with Gasteiger partial charge in [-0.05, 0) is 52.4 Å². The van der Waals surface area contributed by atoms with Gasteiger partial charge in [0.05, 0.1) is 4.47 Å². The van der Waals surface area contributed by atoms with Crippen molar-refractivity contribution in [3.05, 3.63) is 50.6 Å². The van der Waals surface area contributed by atoms with E-state index in [1.165, 1.54) is 28.8 Å². The molecule has 0 saturated carbocycles. The average molecular weight is 356 g/mol. The Bertz CT molecular complexity index is 862. The van der Waals surface area contributed by atoms with Gasteiger partial charge in [-0.3, -0.25) is 4.79 Å². The van der Waals surface area contributed by atoms with Gasteiger partial charge < -0.3 is 4.74 Å². The second-order valence-corrected chi connectivity index (χ2v) is 5.75. The molecule has 0 N–H and O–H groups in total. The van der Waals surface area contributed by atoms with Crippen LogP contribution in [0.25, 0.3) is 4.96 Å². The summed E-state index contributed by atoms with van der Waals surface area (Å²) in [7, 11) is 0. The number of aromatic nitrogens is 3. The van der Waals surface area contributed by atoms with Crippen LogP contribution in [0.5, 0.6) is 10.9 Å². The molecule has 102 valence electrons. The van der Waals surface area contributed by atoms with E-state index >= 15 is 0 Å². The molecule has 5 nitrogen and oxygen atoms in total. The number of benzene rings is 1. The monoisotopic (exact) mass is 355 g/mol. The molecule has 0 fully saturated rings. The minimum absolute atomic E-state index is 0.257. The van der Waals surface area contributed by atoms with Gasteiger partial charge in [-0.15, -0.1) is 5.10 Å². The molecule has 0 spiro atoms. The highest BCUT2D eigenvalue weighted by Crippen LogP contribution is 2.31. The van der Waals surface area contributed by atoms with Gasteiger partial charge in [0.25, 0.3) is 10.8 Å². The number of aryl methyl sites for hydroxylation is 1. The number of ether oxygens (including phenoxy) is 1. The van der Waals surface area contributed by atoms with Crippen molar-refractivity contribution in [2.75, 3.05) is 0 Å². The van der Waals surface area contributed by atoms with Crippen LogP contribution in [-0.4, -0.2) is 14.6 Å². The van der Waals surface area contributed by atoms with Gasteiger partial charge in [0, 0.05) is 11.8 Å². The summed E-state index contributed by atoms with van der Waals surface area (Å²) < 4.78 is 20.2. The fraction of sp³-hybridized carbons (Fsp3) is 0.0833. The van der Waals surface area contributed by atoms with E-state index in [0.29, 0.717) is 20.9 Å². The molecular formula is C12H7BrFN3O2S. The SMILES string of the molecule is Cc1cc(=O)n2nc(Oc3ccc(F)cc3Br)sc2n1. The van der Waals surface area contributed by atoms with Crippen LogP contribution in [0, 0.1) is 12.7 Å². The lowest BCUT2D eigenvalue weighted by Gasteiger charge is -2.03. The first-order valence-electron chi connectivity index (χ1n) is 5.53. The molecule has 0 bridgehead atoms. The van der Waals surface area contributed by atoms with E-state index in [1.54, 1.807) is 6.92 Å². The predicted molar refractivity (Wildman–Crippen MR) is 76.0 cm³/mol. The number of fused-ring (bicyclic) bond motifs is 1. The molecule has 0 amide bonds. The molecule has 8 heteroatoms. The summed E-state index contributed by atoms with van der Waals surface area (Å²) in [4.78, 5) is 16.4. The molecular weight excluding hydrogens is 349 g/mol. The molecule has 3 aromatic rings. The van der Waals surface area contributed by atoms with Crippen LogP contribution in [0.15, 0.2) is 33.5 Å². The summed E-state index contributed by atoms with van der Waals surface area (Å²) in [5, 5.41) is 4.29. The van der Waals surface area contributed by atoms with Crippen LogP contribution < -0.4 is 10.3 Å². The van der Waals surface area contributed by atoms with Gasteiger partial charge in [-0.25, -0.2) is 9.37 Å². The Kier molecular flexibility index (Phi) is 3.27. The van der Waals surface area contributed by atoms with E-state index in [1.807, 2.05) is 0 Å². The zero-order chi connectivity index (χ0) is 14.3. The highest BCUT2D eigenvalue weighted by Gasteiger charge is 2.11. The van der Waals surface area contributed by atoms with Gasteiger partial charge in [0.2, 0.25) is 4.96 Å². The minimum atomic E-state index is -0.373. The number of nitrogens with zero attached hydrogens (tertiary/aromatic N) is 3. The van der Waals surface area contributed by atoms with Crippen molar-refractivity contribution in [1.82, 2.24) is 14.6 Å². The summed E-state index contributed by atoms with van der Waals surface area (Å²) in [6.07, 6.45) is 0. The van der Waals surface area contributed by atoms with Crippen LogP contribution in [0.3, 0.4) is 0 Å². The fourth-order valence-corrected chi connectivity index (χ4v) is 2.84. The molecule has 0 atom stereocenters. The maximum Gasteiger partial charge on any atom is 0.300 e. The average Bonchev–Trinajstić information content (AvgIpc) is 2.75. The van der Waals surface area contributed by atoms with Crippen LogP contribution in [0.4, 0.5) is 4.39 Å². The Labute approximate surface area is 124 Å². The van der Waals surface area contributed by atoms with Crippen molar-refractivity contribution >= 4 is 32.2 Å². The molecule has 0 unspecified atom stereocenters. The van der Waals surface area contributed by atoms with Gasteiger partial charge in [-0.2, -0.15) is 4.52 Å². The molecule has 2 heterocycles. The van der Waals surface area contributed by atoms with E-state index in [0.717, 1.165) is 11.3 Å². The molecule has 0 aliphatic carbocycles. The van der Waals surface area contributed by atoms with E-state index in [-0.39, 0.29) is 16.6 Å². The Morgan fingerprint density at radius 1 is 1.40 bits per heavy atom. The summed E-state index contributed by atoms with van der Waals surface area (Å²) in [6.45, 7) is 1.73. The molecule has 0 aliphatic heterocycles. The Morgan fingerprint density at radius 3 is 2.95 bits per heavy atom. The fourth-order valence-electron chi connectivity index (χ4n) is 1.60. The molecule has 1 aromatic carbocycles. The highest BCUT2D eigenvalue weighted by molar-refractivity contribution is 9.10. The van der Waals surface area contributed by atoms with Gasteiger partial charge >= 0.3 is 0 Å². The summed E-state index contributed by atoms with van der Waals surface area (Å²) in [6, 6.07) is 5.44. The summed E-state index contributed by atoms with van der Waals surface area (Å²) in [5.41, 5.74) is 0.352. The smallest absolute Gasteiger partial charge is 0.300 e. The third-order valence-electron chi connectivity index (χ3n) is 2.45. The molecule has 0 saturated heterocycles. The Balaban J connectivity index is 2.03. The summed E-state index contributed by atoms with van der Waals surface area (Å²) >= 11 is 4.34. The number of halogens is 2. The first-order valence-corrected chi connectivity index (χ1v) is 7.14. The Hall–Kier alpha value is -1.80. The lowest BCUT2D eigenvalue weighted by atomic mass is 10.3. The van der Waals surface area contributed by atoms with Gasteiger partial charge in [0.15, 0.2) is 0 Å². The lowest BCUT2D eigenvalue weighted by Crippen LogP contribution is -2.14. The number of hydrogen-bond donors (Lipinski definition) is 0. The molecule has 2 aromatic heterocycles. The highest BCUT2D eigenvalue weighted by atomic mass is 79.9. The number of rotatable bonds is 2. The maximum absolute atomic E-state index is 13.0. The topological polar surface area (TPSA) is 56.5 Å². The second kappa shape index (κ2) is 4.95. The molecule has 3 rings (SSSR count). The maximum atomic E-state index is 13.0. The van der Waals surface area contributed by atoms with Crippen molar-refractivity contribution in [3.63, 3.8) is 0 Å². The van der Waals surface area contributed by atoms with E-state index < -0.39 is 0 Å². The first kappa shape index (κ1) is 13.2. The first-order chi connectivity index (χ1) is 9.52. The van der Waals surface area contributed by atoms with Crippen LogP contribution in [0.1, 0.15) is 5.69 Å². The zero-order valence-electron chi connectivity index (χ0n) is 10.1. The molecule has 20 heavy (non-hydrogen) atoms. The third-order valence-corrected chi connectivity index (χ3v) is 3.85. The standard InChI is InChI=1S/C12H7BrFN3O2S/c1-6-4-10(18)17-11(15-6)20-12(16-17)19-9-3-2-7(14)5-8(9)13/h2-5H,1H3. The minimum Gasteiger partial charge on any atom is -0.429 e. The number of hydrogen-bond acceptors (Lipinski definition) is 5. The van der Waals surface area contributed by atoms with Crippen molar-refractivity contribution in [3.8, 4) is 10.9 Å². The molecule has 0 radical (unpaired) electrons. The van der Waals surface area contributed by atoms with Gasteiger partial charge in [0.1, 0.15) is 11.6 Å². The largest absolute Gasteiger partial charge is 0.429 e. The van der Waals surface area contributed by atoms with E-state index in [2.05, 4.69) is 26.0 Å². The van der Waals surface area contributed by atoms with Crippen molar-refractivity contribution in [1.29, 1.82) is 0 Å². The quantitative estimate of drug-likeness (QED) is 0.708. The van der Waals surface area contributed by atoms with Crippen molar-refractivity contribution in [2.24, 2.45) is 0 Å². The van der Waals surface area contributed by atoms with Crippen molar-refractivity contribution in [2.45, 2.75) is 6.92 Å². The second-order valence-electron chi connectivity index (χ2n) is 3.97. The lowest BCUT2D eigenvalue weighted by molar-refractivity contribution is 0.464. The summed E-state index contributed by atoms with van der Waals surface area (Å²) in [5.74, 6) is 0.0391. The zero-order valence-corrected chi connectivity index (χ0v) is 12.5. The Morgan fingerprint density at radius 2 is 2.20 bits per heavy atom. The third kappa shape index (κ3) is 2.44. The normalized spacial score (nSPS) is 10.9. The van der Waals surface area contributed by atoms with E-state index in [4.69, 9.17) is 4.74 Å². The predicted octanol–water partition coefficient (Wildman–Crippen LogP) is 3.15. The van der Waals surface area contributed by atoms with Crippen LogP contribution in [0.2, 0.25) is 0 Å². The van der Waals surface area contributed by atoms with E-state index in [9.17, 15) is 9.18 Å². The van der Waals surface area contributed by atoms with Gasteiger partial charge in [-0.1, -0.05) is 0 Å². The van der Waals surface area contributed by atoms with Crippen molar-refractivity contribution < 1.29 is 9.13 Å². The van der Waals surface area contributed by atoms with Crippen LogP contribution >= 0.6 is 27.3 Å².